The monoisotopic (exact) mass is 360 g/mol. The number of aryl methyl sites for hydroxylation is 1. The lowest BCUT2D eigenvalue weighted by atomic mass is 10.1. The normalized spacial score (nSPS) is 25.5. The lowest BCUT2D eigenvalue weighted by Gasteiger charge is -2.33. The maximum atomic E-state index is 12.8. The number of pyridine rings is 1. The second-order valence-corrected chi connectivity index (χ2v) is 8.50. The first-order chi connectivity index (χ1) is 12.0. The van der Waals surface area contributed by atoms with Crippen molar-refractivity contribution in [1.82, 2.24) is 19.2 Å². The van der Waals surface area contributed by atoms with Gasteiger partial charge in [-0.15, -0.1) is 0 Å². The number of sulfonamides is 1. The molecule has 0 radical (unpaired) electrons. The predicted molar refractivity (Wildman–Crippen MR) is 91.3 cm³/mol. The van der Waals surface area contributed by atoms with E-state index >= 15 is 0 Å². The van der Waals surface area contributed by atoms with Gasteiger partial charge in [-0.3, -0.25) is 9.78 Å². The molecular weight excluding hydrogens is 340 g/mol. The Morgan fingerprint density at radius 3 is 2.76 bits per heavy atom. The van der Waals surface area contributed by atoms with Crippen LogP contribution in [0, 0.1) is 5.92 Å². The van der Waals surface area contributed by atoms with Gasteiger partial charge in [0, 0.05) is 44.3 Å². The number of nitrogens with zero attached hydrogens (tertiary/aromatic N) is 3. The molecule has 1 saturated heterocycles. The summed E-state index contributed by atoms with van der Waals surface area (Å²) in [5, 5.41) is 0. The molecule has 132 valence electrons. The summed E-state index contributed by atoms with van der Waals surface area (Å²) < 4.78 is 29.7. The van der Waals surface area contributed by atoms with Gasteiger partial charge in [0.2, 0.25) is 10.0 Å². The summed E-state index contributed by atoms with van der Waals surface area (Å²) >= 11 is 0. The van der Waals surface area contributed by atoms with Crippen LogP contribution in [0.1, 0.15) is 23.3 Å². The highest BCUT2D eigenvalue weighted by Crippen LogP contribution is 2.39. The van der Waals surface area contributed by atoms with Crippen LogP contribution in [-0.4, -0.2) is 47.4 Å². The molecule has 3 atom stereocenters. The molecule has 8 heteroatoms. The van der Waals surface area contributed by atoms with Crippen LogP contribution in [0.15, 0.2) is 47.8 Å². The molecule has 1 aliphatic carbocycles. The Bertz CT molecular complexity index is 894. The largest absolute Gasteiger partial charge is 0.347 e. The van der Waals surface area contributed by atoms with E-state index < -0.39 is 10.0 Å². The van der Waals surface area contributed by atoms with Crippen LogP contribution in [0.3, 0.4) is 0 Å². The summed E-state index contributed by atoms with van der Waals surface area (Å²) in [4.78, 5) is 18.7. The summed E-state index contributed by atoms with van der Waals surface area (Å²) in [6.07, 6.45) is 6.32. The smallest absolute Gasteiger partial charge is 0.270 e. The molecule has 1 saturated carbocycles. The molecule has 4 rings (SSSR count). The third-order valence-electron chi connectivity index (χ3n) is 5.16. The fraction of sp³-hybridized carbons (Fsp3) is 0.412. The zero-order valence-corrected chi connectivity index (χ0v) is 14.7. The van der Waals surface area contributed by atoms with Gasteiger partial charge in [0.25, 0.3) is 5.91 Å². The number of hydrogen-bond acceptors (Lipinski definition) is 4. The molecule has 25 heavy (non-hydrogen) atoms. The Kier molecular flexibility index (Phi) is 3.88. The number of rotatable bonds is 4. The Labute approximate surface area is 146 Å². The Balaban J connectivity index is 1.54. The van der Waals surface area contributed by atoms with Crippen molar-refractivity contribution in [1.29, 1.82) is 0 Å². The average molecular weight is 360 g/mol. The molecule has 2 fully saturated rings. The molecule has 2 bridgehead atoms. The van der Waals surface area contributed by atoms with Gasteiger partial charge in [-0.05, 0) is 43.0 Å². The summed E-state index contributed by atoms with van der Waals surface area (Å²) in [5.41, 5.74) is 0.626. The minimum atomic E-state index is -3.63. The molecule has 2 aliphatic rings. The van der Waals surface area contributed by atoms with Gasteiger partial charge in [-0.2, -0.15) is 0 Å². The Morgan fingerprint density at radius 2 is 2.12 bits per heavy atom. The molecule has 2 aromatic rings. The highest BCUT2D eigenvalue weighted by molar-refractivity contribution is 7.89. The van der Waals surface area contributed by atoms with Crippen LogP contribution >= 0.6 is 0 Å². The summed E-state index contributed by atoms with van der Waals surface area (Å²) in [6.45, 7) is 0.694. The first kappa shape index (κ1) is 16.3. The van der Waals surface area contributed by atoms with Crippen LogP contribution in [0.5, 0.6) is 0 Å². The second-order valence-electron chi connectivity index (χ2n) is 6.78. The van der Waals surface area contributed by atoms with Crippen molar-refractivity contribution >= 4 is 15.9 Å². The number of amides is 1. The van der Waals surface area contributed by atoms with Crippen molar-refractivity contribution in [2.45, 2.75) is 29.8 Å². The minimum Gasteiger partial charge on any atom is -0.347 e. The molecule has 3 heterocycles. The van der Waals surface area contributed by atoms with E-state index in [2.05, 4.69) is 9.71 Å². The molecular formula is C17H20N4O3S. The summed E-state index contributed by atoms with van der Waals surface area (Å²) in [6, 6.07) is 6.40. The van der Waals surface area contributed by atoms with Gasteiger partial charge in [0.1, 0.15) is 10.6 Å². The Hall–Kier alpha value is -2.19. The molecule has 1 aliphatic heterocycles. The van der Waals surface area contributed by atoms with E-state index in [1.54, 1.807) is 16.7 Å². The Morgan fingerprint density at radius 1 is 1.28 bits per heavy atom. The number of aromatic nitrogens is 2. The quantitative estimate of drug-likeness (QED) is 0.882. The van der Waals surface area contributed by atoms with Gasteiger partial charge in [-0.1, -0.05) is 0 Å². The van der Waals surface area contributed by atoms with E-state index in [0.717, 1.165) is 12.8 Å². The number of fused-ring (bicyclic) bond motifs is 2. The number of nitrogens with one attached hydrogen (secondary N) is 1. The fourth-order valence-corrected chi connectivity index (χ4v) is 5.23. The minimum absolute atomic E-state index is 0.0368. The number of carbonyl (C=O) groups excluding carboxylic acids is 1. The number of carbonyl (C=O) groups is 1. The maximum absolute atomic E-state index is 12.8. The number of piperidine rings is 1. The van der Waals surface area contributed by atoms with E-state index in [1.165, 1.54) is 18.5 Å². The molecule has 0 unspecified atom stereocenters. The van der Waals surface area contributed by atoms with Gasteiger partial charge >= 0.3 is 0 Å². The van der Waals surface area contributed by atoms with Crippen LogP contribution in [-0.2, 0) is 17.1 Å². The molecule has 0 spiro atoms. The zero-order valence-electron chi connectivity index (χ0n) is 13.9. The third kappa shape index (κ3) is 2.85. The van der Waals surface area contributed by atoms with E-state index in [4.69, 9.17) is 0 Å². The third-order valence-corrected chi connectivity index (χ3v) is 6.63. The van der Waals surface area contributed by atoms with Crippen LogP contribution < -0.4 is 4.72 Å². The van der Waals surface area contributed by atoms with Crippen LogP contribution in [0.25, 0.3) is 0 Å². The highest BCUT2D eigenvalue weighted by Gasteiger charge is 2.48. The van der Waals surface area contributed by atoms with E-state index in [9.17, 15) is 13.2 Å². The van der Waals surface area contributed by atoms with Crippen molar-refractivity contribution in [3.63, 3.8) is 0 Å². The summed E-state index contributed by atoms with van der Waals surface area (Å²) in [5.74, 6) is 0.307. The highest BCUT2D eigenvalue weighted by atomic mass is 32.2. The van der Waals surface area contributed by atoms with Gasteiger partial charge in [0.15, 0.2) is 0 Å². The zero-order chi connectivity index (χ0) is 17.6. The van der Waals surface area contributed by atoms with Crippen molar-refractivity contribution < 1.29 is 13.2 Å². The first-order valence-electron chi connectivity index (χ1n) is 8.30. The van der Waals surface area contributed by atoms with Crippen LogP contribution in [0.4, 0.5) is 0 Å². The second kappa shape index (κ2) is 5.96. The van der Waals surface area contributed by atoms with Gasteiger partial charge in [-0.25, -0.2) is 13.1 Å². The topological polar surface area (TPSA) is 84.3 Å². The SMILES string of the molecule is Cn1cccc1C(=O)N1C[C@@H]2C[C@H](NS(=O)(=O)c3cccnc3)[C@H]1C2. The van der Waals surface area contributed by atoms with Crippen LogP contribution in [0.2, 0.25) is 0 Å². The van der Waals surface area contributed by atoms with Crippen molar-refractivity contribution in [2.75, 3.05) is 6.54 Å². The molecule has 7 nitrogen and oxygen atoms in total. The fourth-order valence-electron chi connectivity index (χ4n) is 3.99. The first-order valence-corrected chi connectivity index (χ1v) is 9.78. The average Bonchev–Trinajstić information content (AvgIpc) is 3.30. The molecule has 0 aromatic carbocycles. The molecule has 1 amide bonds. The molecule has 2 aromatic heterocycles. The lowest BCUT2D eigenvalue weighted by molar-refractivity contribution is 0.0668. The van der Waals surface area contributed by atoms with Crippen molar-refractivity contribution in [2.24, 2.45) is 13.0 Å². The predicted octanol–water partition coefficient (Wildman–Crippen LogP) is 1.00. The van der Waals surface area contributed by atoms with E-state index in [-0.39, 0.29) is 22.9 Å². The number of hydrogen-bond donors (Lipinski definition) is 1. The van der Waals surface area contributed by atoms with Crippen molar-refractivity contribution in [3.8, 4) is 0 Å². The van der Waals surface area contributed by atoms with Crippen molar-refractivity contribution in [3.05, 3.63) is 48.5 Å². The maximum Gasteiger partial charge on any atom is 0.270 e. The summed E-state index contributed by atoms with van der Waals surface area (Å²) in [7, 11) is -1.80. The lowest BCUT2D eigenvalue weighted by Crippen LogP contribution is -2.52. The van der Waals surface area contributed by atoms with Gasteiger partial charge in [0.05, 0.1) is 0 Å². The standard InChI is InChI=1S/C17H20N4O3S/c1-20-7-3-5-15(20)17(22)21-11-12-8-14(16(21)9-12)19-25(23,24)13-4-2-6-18-10-13/h2-7,10,12,14,16,19H,8-9,11H2,1H3/t12-,14+,16-/m1/s1. The van der Waals surface area contributed by atoms with E-state index in [1.807, 2.05) is 24.2 Å². The van der Waals surface area contributed by atoms with E-state index in [0.29, 0.717) is 18.2 Å². The van der Waals surface area contributed by atoms with Gasteiger partial charge < -0.3 is 9.47 Å². The molecule has 1 N–H and O–H groups in total. The number of likely N-dealkylation sites (tertiary alicyclic amines) is 1.